The minimum atomic E-state index is -0.818. The van der Waals surface area contributed by atoms with E-state index in [-0.39, 0.29) is 6.04 Å². The Hall–Kier alpha value is -1.50. The minimum absolute atomic E-state index is 0.0467. The van der Waals surface area contributed by atoms with Gasteiger partial charge in [-0.25, -0.2) is 4.79 Å². The fraction of sp³-hybridized carbons (Fsp3) is 0.667. The van der Waals surface area contributed by atoms with Crippen LogP contribution in [0.2, 0.25) is 5.02 Å². The lowest BCUT2D eigenvalue weighted by atomic mass is 10.2. The Morgan fingerprint density at radius 1 is 1.11 bits per heavy atom. The molecule has 0 unspecified atom stereocenters. The molecule has 1 amide bonds. The summed E-state index contributed by atoms with van der Waals surface area (Å²) in [5.41, 5.74) is 5.73. The van der Waals surface area contributed by atoms with Gasteiger partial charge in [-0.2, -0.15) is 0 Å². The van der Waals surface area contributed by atoms with Crippen LogP contribution in [0.25, 0.3) is 0 Å². The smallest absolute Gasteiger partial charge is 0.407 e. The fourth-order valence-electron chi connectivity index (χ4n) is 3.07. The Balaban J connectivity index is 0.00000171. The summed E-state index contributed by atoms with van der Waals surface area (Å²) in [6.45, 7) is 13.7. The summed E-state index contributed by atoms with van der Waals surface area (Å²) < 4.78 is 0. The van der Waals surface area contributed by atoms with Crippen molar-refractivity contribution in [2.45, 2.75) is 46.6 Å². The number of rotatable bonds is 7. The van der Waals surface area contributed by atoms with E-state index in [0.717, 1.165) is 50.6 Å². The molecule has 0 radical (unpaired) electrons. The highest BCUT2D eigenvalue weighted by atomic mass is 35.5. The molecule has 0 bridgehead atoms. The number of amides is 1. The summed E-state index contributed by atoms with van der Waals surface area (Å²) >= 11 is 5.94. The molecular formula is C21H39ClN4O2. The molecule has 1 aromatic rings. The molecule has 2 rings (SSSR count). The molecule has 1 fully saturated rings. The average molecular weight is 415 g/mol. The third-order valence-corrected chi connectivity index (χ3v) is 4.81. The van der Waals surface area contributed by atoms with Crippen molar-refractivity contribution in [1.29, 1.82) is 0 Å². The number of hydrogen-bond acceptors (Lipinski definition) is 4. The number of hydrogen-bond donors (Lipinski definition) is 2. The lowest BCUT2D eigenvalue weighted by Crippen LogP contribution is -2.46. The number of nitrogens with two attached hydrogens (primary N) is 1. The van der Waals surface area contributed by atoms with Crippen LogP contribution < -0.4 is 10.6 Å². The Morgan fingerprint density at radius 2 is 1.64 bits per heavy atom. The molecule has 1 aliphatic rings. The van der Waals surface area contributed by atoms with Crippen LogP contribution in [-0.4, -0.2) is 73.4 Å². The highest BCUT2D eigenvalue weighted by Crippen LogP contribution is 2.19. The molecule has 162 valence electrons. The number of unbranched alkanes of at least 4 members (excludes halogenated alkanes) is 1. The fourth-order valence-corrected chi connectivity index (χ4v) is 3.20. The Bertz CT molecular complexity index is 518. The molecule has 0 atom stereocenters. The Morgan fingerprint density at radius 3 is 2.11 bits per heavy atom. The van der Waals surface area contributed by atoms with E-state index in [1.54, 1.807) is 0 Å². The summed E-state index contributed by atoms with van der Waals surface area (Å²) in [6, 6.07) is 8.07. The van der Waals surface area contributed by atoms with E-state index in [1.807, 2.05) is 39.8 Å². The van der Waals surface area contributed by atoms with Crippen molar-refractivity contribution in [3.8, 4) is 0 Å². The van der Waals surface area contributed by atoms with Crippen LogP contribution >= 0.6 is 11.6 Å². The van der Waals surface area contributed by atoms with Gasteiger partial charge in [-0.3, -0.25) is 4.90 Å². The highest BCUT2D eigenvalue weighted by molar-refractivity contribution is 6.30. The normalized spacial score (nSPS) is 13.9. The van der Waals surface area contributed by atoms with Gasteiger partial charge in [0.15, 0.2) is 0 Å². The maximum Gasteiger partial charge on any atom is 0.407 e. The first-order valence-corrected chi connectivity index (χ1v) is 10.7. The number of piperazine rings is 1. The van der Waals surface area contributed by atoms with E-state index in [0.29, 0.717) is 6.54 Å². The highest BCUT2D eigenvalue weighted by Gasteiger charge is 2.18. The number of carboxylic acid groups (broad SMARTS) is 1. The van der Waals surface area contributed by atoms with Crippen molar-refractivity contribution < 1.29 is 9.90 Å². The topological polar surface area (TPSA) is 73.0 Å². The molecule has 28 heavy (non-hydrogen) atoms. The first kappa shape index (κ1) is 26.5. The zero-order valence-electron chi connectivity index (χ0n) is 18.2. The zero-order valence-corrected chi connectivity index (χ0v) is 19.0. The summed E-state index contributed by atoms with van der Waals surface area (Å²) in [5.74, 6) is 0. The van der Waals surface area contributed by atoms with Gasteiger partial charge in [0.05, 0.1) is 0 Å². The van der Waals surface area contributed by atoms with E-state index in [9.17, 15) is 4.79 Å². The van der Waals surface area contributed by atoms with Crippen LogP contribution in [-0.2, 0) is 0 Å². The summed E-state index contributed by atoms with van der Waals surface area (Å²) in [7, 11) is 1.50. The molecule has 0 aromatic heterocycles. The number of benzene rings is 1. The Kier molecular flexibility index (Phi) is 14.6. The zero-order chi connectivity index (χ0) is 21.5. The standard InChI is InChI=1S/C18H28ClN3O2.C2H6.CH5N/c1-15(2)22(18(23)24)10-4-3-9-20-11-13-21(14-12-20)17-7-5-16(19)6-8-17;2*1-2/h5-8,15H,3-4,9-14H2,1-2H3,(H,23,24);1-2H3;2H2,1H3. The van der Waals surface area contributed by atoms with Crippen LogP contribution in [0.5, 0.6) is 0 Å². The van der Waals surface area contributed by atoms with E-state index >= 15 is 0 Å². The van der Waals surface area contributed by atoms with Crippen molar-refractivity contribution in [1.82, 2.24) is 9.80 Å². The number of carbonyl (C=O) groups is 1. The average Bonchev–Trinajstić information content (AvgIpc) is 2.71. The molecule has 0 saturated carbocycles. The van der Waals surface area contributed by atoms with E-state index in [1.165, 1.54) is 17.6 Å². The van der Waals surface area contributed by atoms with Gasteiger partial charge in [-0.15, -0.1) is 0 Å². The van der Waals surface area contributed by atoms with E-state index in [4.69, 9.17) is 16.7 Å². The molecule has 7 heteroatoms. The molecule has 0 spiro atoms. The minimum Gasteiger partial charge on any atom is -0.465 e. The first-order chi connectivity index (χ1) is 13.5. The van der Waals surface area contributed by atoms with E-state index in [2.05, 4.69) is 27.7 Å². The van der Waals surface area contributed by atoms with Gasteiger partial charge in [0, 0.05) is 49.5 Å². The summed E-state index contributed by atoms with van der Waals surface area (Å²) in [4.78, 5) is 17.5. The van der Waals surface area contributed by atoms with Crippen LogP contribution in [0, 0.1) is 0 Å². The van der Waals surface area contributed by atoms with Crippen LogP contribution in [0.4, 0.5) is 10.5 Å². The molecule has 6 nitrogen and oxygen atoms in total. The van der Waals surface area contributed by atoms with Gasteiger partial charge in [0.25, 0.3) is 0 Å². The second kappa shape index (κ2) is 15.4. The van der Waals surface area contributed by atoms with Crippen molar-refractivity contribution in [3.63, 3.8) is 0 Å². The molecule has 1 saturated heterocycles. The lowest BCUT2D eigenvalue weighted by molar-refractivity contribution is 0.129. The van der Waals surface area contributed by atoms with Gasteiger partial charge in [-0.05, 0) is 64.5 Å². The summed E-state index contributed by atoms with van der Waals surface area (Å²) in [5, 5.41) is 9.92. The first-order valence-electron chi connectivity index (χ1n) is 10.3. The SMILES string of the molecule is CC.CC(C)N(CCCCN1CCN(c2ccc(Cl)cc2)CC1)C(=O)O.CN. The quantitative estimate of drug-likeness (QED) is 0.653. The third-order valence-electron chi connectivity index (χ3n) is 4.56. The van der Waals surface area contributed by atoms with Gasteiger partial charge >= 0.3 is 6.09 Å². The van der Waals surface area contributed by atoms with Crippen LogP contribution in [0.1, 0.15) is 40.5 Å². The monoisotopic (exact) mass is 414 g/mol. The number of anilines is 1. The Labute approximate surface area is 176 Å². The molecule has 1 heterocycles. The number of halogens is 1. The molecule has 3 N–H and O–H groups in total. The molecule has 1 aliphatic heterocycles. The molecule has 0 aliphatic carbocycles. The maximum absolute atomic E-state index is 11.1. The maximum atomic E-state index is 11.1. The van der Waals surface area contributed by atoms with Crippen molar-refractivity contribution in [2.24, 2.45) is 5.73 Å². The van der Waals surface area contributed by atoms with Gasteiger partial charge < -0.3 is 20.6 Å². The lowest BCUT2D eigenvalue weighted by Gasteiger charge is -2.36. The third kappa shape index (κ3) is 9.62. The largest absolute Gasteiger partial charge is 0.465 e. The van der Waals surface area contributed by atoms with Crippen LogP contribution in [0.15, 0.2) is 24.3 Å². The predicted molar refractivity (Wildman–Crippen MR) is 121 cm³/mol. The van der Waals surface area contributed by atoms with Gasteiger partial charge in [0.2, 0.25) is 0 Å². The molecule has 1 aromatic carbocycles. The van der Waals surface area contributed by atoms with Gasteiger partial charge in [-0.1, -0.05) is 25.4 Å². The second-order valence-corrected chi connectivity index (χ2v) is 7.02. The number of nitrogens with zero attached hydrogens (tertiary/aromatic N) is 3. The summed E-state index contributed by atoms with van der Waals surface area (Å²) in [6.07, 6.45) is 1.14. The second-order valence-electron chi connectivity index (χ2n) is 6.58. The van der Waals surface area contributed by atoms with Crippen molar-refractivity contribution in [2.75, 3.05) is 51.2 Å². The van der Waals surface area contributed by atoms with Gasteiger partial charge in [0.1, 0.15) is 0 Å². The predicted octanol–water partition coefficient (Wildman–Crippen LogP) is 4.23. The van der Waals surface area contributed by atoms with Crippen molar-refractivity contribution >= 4 is 23.4 Å². The van der Waals surface area contributed by atoms with E-state index < -0.39 is 6.09 Å². The molecular weight excluding hydrogens is 376 g/mol. The van der Waals surface area contributed by atoms with Crippen molar-refractivity contribution in [3.05, 3.63) is 29.3 Å². The van der Waals surface area contributed by atoms with Crippen LogP contribution in [0.3, 0.4) is 0 Å².